The van der Waals surface area contributed by atoms with E-state index in [9.17, 15) is 4.39 Å². The van der Waals surface area contributed by atoms with E-state index >= 15 is 0 Å². The minimum absolute atomic E-state index is 0.252. The van der Waals surface area contributed by atoms with Crippen LogP contribution in [0.2, 0.25) is 0 Å². The fourth-order valence-electron chi connectivity index (χ4n) is 1.94. The van der Waals surface area contributed by atoms with E-state index in [1.807, 2.05) is 18.2 Å². The highest BCUT2D eigenvalue weighted by atomic mass is 19.1. The monoisotopic (exact) mass is 258 g/mol. The van der Waals surface area contributed by atoms with Gasteiger partial charge in [-0.1, -0.05) is 12.1 Å². The Bertz CT molecular complexity index is 753. The summed E-state index contributed by atoms with van der Waals surface area (Å²) in [6.07, 6.45) is 1.31. The summed E-state index contributed by atoms with van der Waals surface area (Å²) < 4.78 is 20.1. The summed E-state index contributed by atoms with van der Waals surface area (Å²) >= 11 is 0. The van der Waals surface area contributed by atoms with Crippen LogP contribution in [0.3, 0.4) is 0 Å². The second-order valence-electron chi connectivity index (χ2n) is 4.06. The molecule has 3 aromatic rings. The van der Waals surface area contributed by atoms with Gasteiger partial charge >= 0.3 is 0 Å². The maximum atomic E-state index is 13.4. The number of nitrogens with zero attached hydrogens (tertiary/aromatic N) is 3. The van der Waals surface area contributed by atoms with Gasteiger partial charge in [0.15, 0.2) is 11.5 Å². The van der Waals surface area contributed by atoms with Crippen LogP contribution >= 0.6 is 0 Å². The summed E-state index contributed by atoms with van der Waals surface area (Å²) in [5.41, 5.74) is 7.17. The molecule has 0 spiro atoms. The van der Waals surface area contributed by atoms with Crippen LogP contribution in [0.15, 0.2) is 36.5 Å². The number of hydrogen-bond donors (Lipinski definition) is 1. The van der Waals surface area contributed by atoms with Gasteiger partial charge in [0.25, 0.3) is 0 Å². The minimum Gasteiger partial charge on any atom is -0.497 e. The molecule has 0 bridgehead atoms. The quantitative estimate of drug-likeness (QED) is 0.764. The van der Waals surface area contributed by atoms with E-state index in [4.69, 9.17) is 10.5 Å². The Hall–Kier alpha value is -2.63. The Morgan fingerprint density at radius 3 is 2.89 bits per heavy atom. The number of nitrogens with two attached hydrogens (primary N) is 1. The second-order valence-corrected chi connectivity index (χ2v) is 4.06. The third-order valence-electron chi connectivity index (χ3n) is 2.83. The first-order valence-electron chi connectivity index (χ1n) is 5.63. The normalized spacial score (nSPS) is 10.8. The van der Waals surface area contributed by atoms with E-state index in [1.165, 1.54) is 16.7 Å². The number of pyridine rings is 1. The number of benzene rings is 1. The van der Waals surface area contributed by atoms with Gasteiger partial charge in [0.05, 0.1) is 12.8 Å². The molecule has 96 valence electrons. The molecule has 0 saturated heterocycles. The van der Waals surface area contributed by atoms with Gasteiger partial charge in [-0.25, -0.2) is 4.39 Å². The smallest absolute Gasteiger partial charge is 0.184 e. The van der Waals surface area contributed by atoms with Gasteiger partial charge in [-0.15, -0.1) is 10.2 Å². The minimum atomic E-state index is -0.436. The first-order valence-corrected chi connectivity index (χ1v) is 5.63. The Morgan fingerprint density at radius 2 is 2.11 bits per heavy atom. The molecule has 19 heavy (non-hydrogen) atoms. The van der Waals surface area contributed by atoms with Crippen LogP contribution in [0, 0.1) is 5.82 Å². The third-order valence-corrected chi connectivity index (χ3v) is 2.83. The van der Waals surface area contributed by atoms with E-state index in [-0.39, 0.29) is 5.69 Å². The summed E-state index contributed by atoms with van der Waals surface area (Å²) in [6, 6.07) is 8.52. The molecular weight excluding hydrogens is 247 g/mol. The highest BCUT2D eigenvalue weighted by Crippen LogP contribution is 2.24. The van der Waals surface area contributed by atoms with Crippen molar-refractivity contribution in [3.8, 4) is 17.1 Å². The highest BCUT2D eigenvalue weighted by molar-refractivity contribution is 5.69. The number of nitrogen functional groups attached to an aromatic ring is 1. The Balaban J connectivity index is 2.25. The molecule has 0 fully saturated rings. The molecule has 0 aliphatic carbocycles. The van der Waals surface area contributed by atoms with Gasteiger partial charge in [-0.2, -0.15) is 0 Å². The summed E-state index contributed by atoms with van der Waals surface area (Å²) in [5.74, 6) is 0.771. The van der Waals surface area contributed by atoms with Crippen molar-refractivity contribution < 1.29 is 9.13 Å². The zero-order valence-electron chi connectivity index (χ0n) is 10.2. The lowest BCUT2D eigenvalue weighted by Gasteiger charge is -2.04. The molecule has 6 heteroatoms. The Morgan fingerprint density at radius 1 is 1.26 bits per heavy atom. The topological polar surface area (TPSA) is 65.4 Å². The van der Waals surface area contributed by atoms with Crippen molar-refractivity contribution in [2.75, 3.05) is 12.8 Å². The zero-order chi connectivity index (χ0) is 13.4. The number of aromatic nitrogens is 3. The number of methoxy groups -OCH3 is 1. The third kappa shape index (κ3) is 1.87. The fourth-order valence-corrected chi connectivity index (χ4v) is 1.94. The maximum Gasteiger partial charge on any atom is 0.184 e. The number of anilines is 1. The van der Waals surface area contributed by atoms with Crippen LogP contribution in [0.5, 0.6) is 5.75 Å². The van der Waals surface area contributed by atoms with Crippen molar-refractivity contribution >= 4 is 11.3 Å². The van der Waals surface area contributed by atoms with E-state index in [0.29, 0.717) is 17.2 Å². The van der Waals surface area contributed by atoms with Crippen molar-refractivity contribution in [1.82, 2.24) is 14.6 Å². The molecule has 0 atom stereocenters. The molecule has 0 saturated carbocycles. The fraction of sp³-hybridized carbons (Fsp3) is 0.0769. The molecular formula is C13H11FN4O. The van der Waals surface area contributed by atoms with Crippen molar-refractivity contribution in [3.05, 3.63) is 42.3 Å². The predicted octanol–water partition coefficient (Wildman–Crippen LogP) is 2.13. The van der Waals surface area contributed by atoms with Crippen molar-refractivity contribution in [1.29, 1.82) is 0 Å². The number of rotatable bonds is 2. The summed E-state index contributed by atoms with van der Waals surface area (Å²) in [4.78, 5) is 0. The predicted molar refractivity (Wildman–Crippen MR) is 69.3 cm³/mol. The van der Waals surface area contributed by atoms with Crippen molar-refractivity contribution in [2.24, 2.45) is 0 Å². The van der Waals surface area contributed by atoms with Crippen LogP contribution in [-0.2, 0) is 0 Å². The summed E-state index contributed by atoms with van der Waals surface area (Å²) in [6.45, 7) is 0. The SMILES string of the molecule is COc1cccc(-c2nnc3c(N)cc(F)cn23)c1. The summed E-state index contributed by atoms with van der Waals surface area (Å²) in [7, 11) is 1.58. The number of hydrogen-bond acceptors (Lipinski definition) is 4. The molecule has 0 amide bonds. The average molecular weight is 258 g/mol. The van der Waals surface area contributed by atoms with Gasteiger partial charge in [0.1, 0.15) is 11.6 Å². The van der Waals surface area contributed by atoms with Crippen LogP contribution in [0.4, 0.5) is 10.1 Å². The van der Waals surface area contributed by atoms with Crippen LogP contribution < -0.4 is 10.5 Å². The highest BCUT2D eigenvalue weighted by Gasteiger charge is 2.12. The lowest BCUT2D eigenvalue weighted by atomic mass is 10.2. The number of halogens is 1. The van der Waals surface area contributed by atoms with E-state index in [1.54, 1.807) is 13.2 Å². The van der Waals surface area contributed by atoms with Crippen molar-refractivity contribution in [2.45, 2.75) is 0 Å². The van der Waals surface area contributed by atoms with Crippen LogP contribution in [-0.4, -0.2) is 21.7 Å². The molecule has 0 radical (unpaired) electrons. The molecule has 2 aromatic heterocycles. The van der Waals surface area contributed by atoms with Gasteiger partial charge in [-0.3, -0.25) is 4.40 Å². The van der Waals surface area contributed by atoms with Gasteiger partial charge < -0.3 is 10.5 Å². The molecule has 2 heterocycles. The van der Waals surface area contributed by atoms with E-state index in [2.05, 4.69) is 10.2 Å². The van der Waals surface area contributed by atoms with E-state index in [0.717, 1.165) is 5.56 Å². The first kappa shape index (κ1) is 11.5. The Labute approximate surface area is 108 Å². The number of ether oxygens (including phenoxy) is 1. The molecule has 0 unspecified atom stereocenters. The zero-order valence-corrected chi connectivity index (χ0v) is 10.2. The van der Waals surface area contributed by atoms with Crippen LogP contribution in [0.25, 0.3) is 17.0 Å². The molecule has 2 N–H and O–H groups in total. The average Bonchev–Trinajstić information content (AvgIpc) is 2.82. The standard InChI is InChI=1S/C13H11FN4O/c1-19-10-4-2-3-8(5-10)12-16-17-13-11(15)6-9(14)7-18(12)13/h2-7H,15H2,1H3. The molecule has 0 aliphatic rings. The Kier molecular flexibility index (Phi) is 2.56. The molecule has 3 rings (SSSR count). The maximum absolute atomic E-state index is 13.4. The molecule has 5 nitrogen and oxygen atoms in total. The molecule has 0 aliphatic heterocycles. The van der Waals surface area contributed by atoms with Gasteiger partial charge in [0, 0.05) is 17.8 Å². The second kappa shape index (κ2) is 4.24. The van der Waals surface area contributed by atoms with E-state index < -0.39 is 5.82 Å². The number of fused-ring (bicyclic) bond motifs is 1. The van der Waals surface area contributed by atoms with Gasteiger partial charge in [-0.05, 0) is 12.1 Å². The van der Waals surface area contributed by atoms with Crippen molar-refractivity contribution in [3.63, 3.8) is 0 Å². The molecule has 1 aromatic carbocycles. The summed E-state index contributed by atoms with van der Waals surface area (Å²) in [5, 5.41) is 8.03. The van der Waals surface area contributed by atoms with Crippen LogP contribution in [0.1, 0.15) is 0 Å². The lowest BCUT2D eigenvalue weighted by Crippen LogP contribution is -1.96. The lowest BCUT2D eigenvalue weighted by molar-refractivity contribution is 0.415. The largest absolute Gasteiger partial charge is 0.497 e. The first-order chi connectivity index (χ1) is 9.19. The van der Waals surface area contributed by atoms with Gasteiger partial charge in [0.2, 0.25) is 0 Å².